The van der Waals surface area contributed by atoms with Crippen LogP contribution in [0.3, 0.4) is 0 Å². The number of anilines is 1. The number of carbonyl (C=O) groups is 3. The van der Waals surface area contributed by atoms with Crippen molar-refractivity contribution in [3.05, 3.63) is 59.7 Å². The van der Waals surface area contributed by atoms with Crippen molar-refractivity contribution in [3.8, 4) is 5.75 Å². The summed E-state index contributed by atoms with van der Waals surface area (Å²) in [6.45, 7) is 2.06. The van der Waals surface area contributed by atoms with E-state index < -0.39 is 11.8 Å². The first kappa shape index (κ1) is 19.0. The smallest absolute Gasteiger partial charge is 0.255 e. The van der Waals surface area contributed by atoms with Gasteiger partial charge in [-0.3, -0.25) is 14.4 Å². The van der Waals surface area contributed by atoms with Crippen molar-refractivity contribution in [1.29, 1.82) is 0 Å². The average molecular weight is 355 g/mol. The monoisotopic (exact) mass is 355 g/mol. The van der Waals surface area contributed by atoms with Crippen LogP contribution in [0.25, 0.3) is 0 Å². The van der Waals surface area contributed by atoms with Crippen molar-refractivity contribution in [3.63, 3.8) is 0 Å². The van der Waals surface area contributed by atoms with Gasteiger partial charge in [0, 0.05) is 18.3 Å². The molecule has 2 rings (SSSR count). The SMILES string of the molecule is CCOc1ccccc1C(=O)NCC(=O)Nc1cccc(C(=O)NC)c1. The fourth-order valence-corrected chi connectivity index (χ4v) is 2.28. The van der Waals surface area contributed by atoms with E-state index in [1.807, 2.05) is 6.92 Å². The second kappa shape index (κ2) is 9.22. The minimum absolute atomic E-state index is 0.205. The Morgan fingerprint density at radius 3 is 2.50 bits per heavy atom. The van der Waals surface area contributed by atoms with Gasteiger partial charge in [0.05, 0.1) is 18.7 Å². The van der Waals surface area contributed by atoms with E-state index in [9.17, 15) is 14.4 Å². The van der Waals surface area contributed by atoms with Crippen molar-refractivity contribution in [2.45, 2.75) is 6.92 Å². The second-order valence-corrected chi connectivity index (χ2v) is 5.32. The first-order valence-corrected chi connectivity index (χ1v) is 8.17. The molecular formula is C19H21N3O4. The molecule has 0 aliphatic carbocycles. The lowest BCUT2D eigenvalue weighted by Crippen LogP contribution is -2.33. The van der Waals surface area contributed by atoms with E-state index in [0.717, 1.165) is 0 Å². The molecule has 0 aliphatic rings. The molecule has 0 atom stereocenters. The van der Waals surface area contributed by atoms with Crippen LogP contribution in [0.2, 0.25) is 0 Å². The predicted molar refractivity (Wildman–Crippen MR) is 98.4 cm³/mol. The molecule has 0 aromatic heterocycles. The number of hydrogen-bond donors (Lipinski definition) is 3. The maximum atomic E-state index is 12.3. The van der Waals surface area contributed by atoms with Crippen molar-refractivity contribution in [2.24, 2.45) is 0 Å². The Morgan fingerprint density at radius 1 is 1.00 bits per heavy atom. The van der Waals surface area contributed by atoms with Crippen LogP contribution in [0, 0.1) is 0 Å². The third kappa shape index (κ3) is 5.07. The van der Waals surface area contributed by atoms with E-state index in [1.165, 1.54) is 7.05 Å². The number of benzene rings is 2. The molecule has 3 N–H and O–H groups in total. The highest BCUT2D eigenvalue weighted by Crippen LogP contribution is 2.17. The van der Waals surface area contributed by atoms with Gasteiger partial charge in [0.15, 0.2) is 0 Å². The largest absolute Gasteiger partial charge is 0.493 e. The van der Waals surface area contributed by atoms with E-state index in [-0.39, 0.29) is 12.5 Å². The van der Waals surface area contributed by atoms with Crippen molar-refractivity contribution in [1.82, 2.24) is 10.6 Å². The Hall–Kier alpha value is -3.35. The first-order valence-electron chi connectivity index (χ1n) is 8.17. The number of ether oxygens (including phenoxy) is 1. The first-order chi connectivity index (χ1) is 12.5. The number of hydrogen-bond acceptors (Lipinski definition) is 4. The van der Waals surface area contributed by atoms with Crippen molar-refractivity contribution >= 4 is 23.4 Å². The van der Waals surface area contributed by atoms with Crippen LogP contribution >= 0.6 is 0 Å². The van der Waals surface area contributed by atoms with Crippen LogP contribution in [0.15, 0.2) is 48.5 Å². The van der Waals surface area contributed by atoms with Crippen LogP contribution < -0.4 is 20.7 Å². The van der Waals surface area contributed by atoms with Gasteiger partial charge in [-0.2, -0.15) is 0 Å². The molecule has 2 aromatic rings. The maximum Gasteiger partial charge on any atom is 0.255 e. The summed E-state index contributed by atoms with van der Waals surface area (Å²) in [5.41, 5.74) is 1.27. The molecule has 2 aromatic carbocycles. The fourth-order valence-electron chi connectivity index (χ4n) is 2.28. The van der Waals surface area contributed by atoms with E-state index in [0.29, 0.717) is 29.2 Å². The zero-order chi connectivity index (χ0) is 18.9. The van der Waals surface area contributed by atoms with Crippen molar-refractivity contribution in [2.75, 3.05) is 25.5 Å². The average Bonchev–Trinajstić information content (AvgIpc) is 2.66. The normalized spacial score (nSPS) is 9.92. The molecule has 0 radical (unpaired) electrons. The zero-order valence-electron chi connectivity index (χ0n) is 14.7. The Balaban J connectivity index is 1.95. The molecule has 0 bridgehead atoms. The standard InChI is InChI=1S/C19H21N3O4/c1-3-26-16-10-5-4-9-15(16)19(25)21-12-17(23)22-14-8-6-7-13(11-14)18(24)20-2/h4-11H,3,12H2,1-2H3,(H,20,24)(H,21,25)(H,22,23). The Labute approximate surface area is 151 Å². The van der Waals surface area contributed by atoms with E-state index >= 15 is 0 Å². The quantitative estimate of drug-likeness (QED) is 0.706. The topological polar surface area (TPSA) is 96.5 Å². The highest BCUT2D eigenvalue weighted by Gasteiger charge is 2.13. The van der Waals surface area contributed by atoms with Gasteiger partial charge in [-0.25, -0.2) is 0 Å². The Morgan fingerprint density at radius 2 is 1.77 bits per heavy atom. The molecule has 7 heteroatoms. The van der Waals surface area contributed by atoms with Crippen LogP contribution in [-0.2, 0) is 4.79 Å². The van der Waals surface area contributed by atoms with Crippen molar-refractivity contribution < 1.29 is 19.1 Å². The molecule has 0 spiro atoms. The van der Waals surface area contributed by atoms with Gasteiger partial charge in [-0.1, -0.05) is 18.2 Å². The second-order valence-electron chi connectivity index (χ2n) is 5.32. The minimum Gasteiger partial charge on any atom is -0.493 e. The van der Waals surface area contributed by atoms with E-state index in [4.69, 9.17) is 4.74 Å². The Kier molecular flexibility index (Phi) is 6.73. The lowest BCUT2D eigenvalue weighted by atomic mass is 10.2. The van der Waals surface area contributed by atoms with Crippen LogP contribution in [0.5, 0.6) is 5.75 Å². The number of nitrogens with one attached hydrogen (secondary N) is 3. The number of para-hydroxylation sites is 1. The molecule has 3 amide bonds. The number of carbonyl (C=O) groups excluding carboxylic acids is 3. The van der Waals surface area contributed by atoms with E-state index in [2.05, 4.69) is 16.0 Å². The van der Waals surface area contributed by atoms with E-state index in [1.54, 1.807) is 48.5 Å². The molecule has 0 saturated carbocycles. The van der Waals surface area contributed by atoms with Gasteiger partial charge in [0.2, 0.25) is 5.91 Å². The zero-order valence-corrected chi connectivity index (χ0v) is 14.7. The summed E-state index contributed by atoms with van der Waals surface area (Å²) in [5, 5.41) is 7.71. The van der Waals surface area contributed by atoms with Gasteiger partial charge in [0.25, 0.3) is 11.8 Å². The Bertz CT molecular complexity index is 805. The van der Waals surface area contributed by atoms with Crippen LogP contribution in [0.4, 0.5) is 5.69 Å². The summed E-state index contributed by atoms with van der Waals surface area (Å²) in [5.74, 6) is -0.585. The molecule has 0 heterocycles. The molecule has 26 heavy (non-hydrogen) atoms. The van der Waals surface area contributed by atoms with Crippen LogP contribution in [0.1, 0.15) is 27.6 Å². The predicted octanol–water partition coefficient (Wildman–Crippen LogP) is 1.81. The molecular weight excluding hydrogens is 334 g/mol. The molecule has 0 fully saturated rings. The summed E-state index contributed by atoms with van der Waals surface area (Å²) >= 11 is 0. The summed E-state index contributed by atoms with van der Waals surface area (Å²) in [4.78, 5) is 35.9. The van der Waals surface area contributed by atoms with Crippen LogP contribution in [-0.4, -0.2) is 37.9 Å². The van der Waals surface area contributed by atoms with Gasteiger partial charge >= 0.3 is 0 Å². The lowest BCUT2D eigenvalue weighted by molar-refractivity contribution is -0.115. The number of amides is 3. The summed E-state index contributed by atoms with van der Waals surface area (Å²) in [6, 6.07) is 13.3. The maximum absolute atomic E-state index is 12.3. The molecule has 0 saturated heterocycles. The number of rotatable bonds is 7. The molecule has 0 unspecified atom stereocenters. The minimum atomic E-state index is -0.402. The van der Waals surface area contributed by atoms with Gasteiger partial charge in [-0.05, 0) is 37.3 Å². The highest BCUT2D eigenvalue weighted by atomic mass is 16.5. The fraction of sp³-hybridized carbons (Fsp3) is 0.211. The van der Waals surface area contributed by atoms with Gasteiger partial charge in [-0.15, -0.1) is 0 Å². The molecule has 136 valence electrons. The molecule has 0 aliphatic heterocycles. The third-order valence-electron chi connectivity index (χ3n) is 3.48. The van der Waals surface area contributed by atoms with Gasteiger partial charge < -0.3 is 20.7 Å². The molecule has 7 nitrogen and oxygen atoms in total. The van der Waals surface area contributed by atoms with Gasteiger partial charge in [0.1, 0.15) is 5.75 Å². The summed E-state index contributed by atoms with van der Waals surface area (Å²) in [7, 11) is 1.53. The summed E-state index contributed by atoms with van der Waals surface area (Å²) < 4.78 is 5.41. The summed E-state index contributed by atoms with van der Waals surface area (Å²) in [6.07, 6.45) is 0. The third-order valence-corrected chi connectivity index (χ3v) is 3.48. The highest BCUT2D eigenvalue weighted by molar-refractivity contribution is 6.01. The lowest BCUT2D eigenvalue weighted by Gasteiger charge is -2.11.